The molecule has 2 heterocycles. The normalized spacial score (nSPS) is 13.8. The van der Waals surface area contributed by atoms with Gasteiger partial charge < -0.3 is 15.0 Å². The first-order valence-corrected chi connectivity index (χ1v) is 9.08. The molecule has 0 unspecified atom stereocenters. The first-order valence-electron chi connectivity index (χ1n) is 5.38. The van der Waals surface area contributed by atoms with Gasteiger partial charge in [-0.15, -0.1) is 0 Å². The summed E-state index contributed by atoms with van der Waals surface area (Å²) in [6.45, 7) is 2.26. The highest BCUT2D eigenvalue weighted by Gasteiger charge is 2.17. The number of halogens is 2. The van der Waals surface area contributed by atoms with Crippen molar-refractivity contribution in [3.8, 4) is 0 Å². The highest BCUT2D eigenvalue weighted by molar-refractivity contribution is 8.08. The van der Waals surface area contributed by atoms with E-state index in [9.17, 15) is 4.57 Å². The second kappa shape index (κ2) is 5.63. The molecule has 0 fully saturated rings. The summed E-state index contributed by atoms with van der Waals surface area (Å²) in [5.41, 5.74) is 6.84. The van der Waals surface area contributed by atoms with E-state index in [1.165, 1.54) is 6.33 Å². The first kappa shape index (κ1) is 14.5. The molecule has 2 aromatic heterocycles. The Hall–Kier alpha value is -0.880. The molecule has 0 aliphatic rings. The predicted molar refractivity (Wildman–Crippen MR) is 74.5 cm³/mol. The second-order valence-corrected chi connectivity index (χ2v) is 9.20. The van der Waals surface area contributed by atoms with Gasteiger partial charge in [0.1, 0.15) is 18.2 Å². The number of imidazole rings is 1. The van der Waals surface area contributed by atoms with Crippen molar-refractivity contribution in [1.82, 2.24) is 19.5 Å². The minimum atomic E-state index is -3.21. The number of hydrogen-bond donors (Lipinski definition) is 1. The van der Waals surface area contributed by atoms with E-state index in [1.54, 1.807) is 17.8 Å². The number of hydrogen-bond acceptors (Lipinski definition) is 6. The van der Waals surface area contributed by atoms with Crippen molar-refractivity contribution < 1.29 is 9.30 Å². The quantitative estimate of drug-likeness (QED) is 0.849. The Morgan fingerprint density at radius 2 is 2.21 bits per heavy atom. The maximum atomic E-state index is 11.1. The van der Waals surface area contributed by atoms with Crippen LogP contribution >= 0.6 is 28.3 Å². The third-order valence-corrected chi connectivity index (χ3v) is 3.43. The van der Waals surface area contributed by atoms with Crippen LogP contribution in [-0.2, 0) is 15.8 Å². The van der Waals surface area contributed by atoms with Crippen LogP contribution in [-0.4, -0.2) is 32.0 Å². The Balaban J connectivity index is 2.09. The predicted octanol–water partition coefficient (Wildman–Crippen LogP) is 2.44. The van der Waals surface area contributed by atoms with Gasteiger partial charge in [-0.3, -0.25) is 4.57 Å². The average Bonchev–Trinajstić information content (AvgIpc) is 2.71. The number of rotatable bonds is 5. The summed E-state index contributed by atoms with van der Waals surface area (Å²) >= 11 is 10.8. The topological polar surface area (TPSA) is 95.9 Å². The number of fused-ring (bicyclic) bond motifs is 1. The van der Waals surface area contributed by atoms with Gasteiger partial charge in [0.2, 0.25) is 0 Å². The van der Waals surface area contributed by atoms with Crippen LogP contribution in [0.25, 0.3) is 11.2 Å². The van der Waals surface area contributed by atoms with E-state index in [0.29, 0.717) is 23.5 Å². The van der Waals surface area contributed by atoms with Crippen LogP contribution in [0.3, 0.4) is 0 Å². The van der Waals surface area contributed by atoms with Gasteiger partial charge in [-0.2, -0.15) is 0 Å². The van der Waals surface area contributed by atoms with Gasteiger partial charge in [0.15, 0.2) is 11.5 Å². The number of nitrogens with zero attached hydrogens (tertiary/aromatic N) is 4. The van der Waals surface area contributed by atoms with Crippen LogP contribution in [0.1, 0.15) is 6.92 Å². The summed E-state index contributed by atoms with van der Waals surface area (Å²) in [5.74, 6) is -2.89. The third kappa shape index (κ3) is 3.79. The Bertz CT molecular complexity index is 628. The summed E-state index contributed by atoms with van der Waals surface area (Å²) in [4.78, 5) is 12.1. The Kier molecular flexibility index (Phi) is 4.30. The third-order valence-electron chi connectivity index (χ3n) is 2.39. The Labute approximate surface area is 119 Å². The van der Waals surface area contributed by atoms with E-state index >= 15 is 0 Å². The van der Waals surface area contributed by atoms with E-state index in [1.807, 2.05) is 0 Å². The molecule has 2 rings (SSSR count). The van der Waals surface area contributed by atoms with E-state index < -0.39 is 5.85 Å². The standard InChI is InChI=1S/C9H12Cl2N5O2P/c1-6(18-5-19(10,11)17)2-16-4-15-7-8(12)13-3-14-9(7)16/h3-4,6H,2,5H2,1H3,(H2,12,13,14)/t6-/m1/s1. The average molecular weight is 324 g/mol. The highest BCUT2D eigenvalue weighted by atomic mass is 35.9. The van der Waals surface area contributed by atoms with Crippen molar-refractivity contribution >= 4 is 45.3 Å². The molecule has 2 aromatic rings. The molecule has 0 spiro atoms. The highest BCUT2D eigenvalue weighted by Crippen LogP contribution is 2.56. The number of ether oxygens (including phenoxy) is 1. The molecule has 10 heteroatoms. The van der Waals surface area contributed by atoms with Crippen LogP contribution in [0.15, 0.2) is 12.7 Å². The largest absolute Gasteiger partial charge is 0.382 e. The van der Waals surface area contributed by atoms with E-state index in [-0.39, 0.29) is 12.5 Å². The molecule has 0 bridgehead atoms. The molecular weight excluding hydrogens is 312 g/mol. The van der Waals surface area contributed by atoms with Gasteiger partial charge in [0.25, 0.3) is 5.85 Å². The number of anilines is 1. The molecular formula is C9H12Cl2N5O2P. The molecule has 0 aliphatic heterocycles. The van der Waals surface area contributed by atoms with Crippen LogP contribution in [0.5, 0.6) is 0 Å². The number of aromatic nitrogens is 4. The molecule has 0 amide bonds. The van der Waals surface area contributed by atoms with Gasteiger partial charge in [0, 0.05) is 0 Å². The SMILES string of the molecule is C[C@H](Cn1cnc2c(N)ncnc21)OCP(=O)(Cl)Cl. The van der Waals surface area contributed by atoms with Crippen LogP contribution in [0.4, 0.5) is 5.82 Å². The maximum absolute atomic E-state index is 11.1. The van der Waals surface area contributed by atoms with Crippen LogP contribution < -0.4 is 5.73 Å². The Morgan fingerprint density at radius 3 is 2.89 bits per heavy atom. The minimum absolute atomic E-state index is 0.193. The van der Waals surface area contributed by atoms with Crippen molar-refractivity contribution in [1.29, 1.82) is 0 Å². The van der Waals surface area contributed by atoms with Gasteiger partial charge >= 0.3 is 0 Å². The zero-order valence-corrected chi connectivity index (χ0v) is 12.4. The van der Waals surface area contributed by atoms with Crippen molar-refractivity contribution in [3.63, 3.8) is 0 Å². The lowest BCUT2D eigenvalue weighted by molar-refractivity contribution is 0.0884. The molecule has 1 atom stereocenters. The summed E-state index contributed by atoms with van der Waals surface area (Å²) in [7, 11) is 0. The fourth-order valence-electron chi connectivity index (χ4n) is 1.58. The fraction of sp³-hybridized carbons (Fsp3) is 0.444. The monoisotopic (exact) mass is 323 g/mol. The zero-order valence-electron chi connectivity index (χ0n) is 10.0. The lowest BCUT2D eigenvalue weighted by atomic mass is 10.4. The van der Waals surface area contributed by atoms with Crippen molar-refractivity contribution in [3.05, 3.63) is 12.7 Å². The van der Waals surface area contributed by atoms with Crippen molar-refractivity contribution in [2.45, 2.75) is 19.6 Å². The smallest absolute Gasteiger partial charge is 0.277 e. The van der Waals surface area contributed by atoms with Gasteiger partial charge in [-0.05, 0) is 29.4 Å². The first-order chi connectivity index (χ1) is 8.87. The second-order valence-electron chi connectivity index (χ2n) is 4.00. The number of nitrogen functional groups attached to an aromatic ring is 1. The summed E-state index contributed by atoms with van der Waals surface area (Å²) in [5, 5.41) is 0. The molecule has 0 saturated carbocycles. The zero-order chi connectivity index (χ0) is 14.0. The van der Waals surface area contributed by atoms with Crippen molar-refractivity contribution in [2.24, 2.45) is 0 Å². The summed E-state index contributed by atoms with van der Waals surface area (Å²) in [6.07, 6.45) is 2.52. The number of nitrogens with two attached hydrogens (primary N) is 1. The van der Waals surface area contributed by atoms with Gasteiger partial charge in [-0.25, -0.2) is 15.0 Å². The lowest BCUT2D eigenvalue weighted by Crippen LogP contribution is -2.16. The summed E-state index contributed by atoms with van der Waals surface area (Å²) < 4.78 is 18.2. The molecule has 104 valence electrons. The van der Waals surface area contributed by atoms with Gasteiger partial charge in [-0.1, -0.05) is 0 Å². The van der Waals surface area contributed by atoms with E-state index in [4.69, 9.17) is 33.0 Å². The lowest BCUT2D eigenvalue weighted by Gasteiger charge is -2.14. The fourth-order valence-corrected chi connectivity index (χ4v) is 2.34. The van der Waals surface area contributed by atoms with Crippen LogP contribution in [0, 0.1) is 0 Å². The van der Waals surface area contributed by atoms with Crippen molar-refractivity contribution in [2.75, 3.05) is 12.1 Å². The Morgan fingerprint density at radius 1 is 1.47 bits per heavy atom. The van der Waals surface area contributed by atoms with E-state index in [0.717, 1.165) is 0 Å². The molecule has 0 saturated heterocycles. The molecule has 2 N–H and O–H groups in total. The van der Waals surface area contributed by atoms with Crippen LogP contribution in [0.2, 0.25) is 0 Å². The minimum Gasteiger partial charge on any atom is -0.382 e. The molecule has 0 aromatic carbocycles. The molecule has 0 radical (unpaired) electrons. The van der Waals surface area contributed by atoms with Gasteiger partial charge in [0.05, 0.1) is 19.0 Å². The molecule has 7 nitrogen and oxygen atoms in total. The van der Waals surface area contributed by atoms with E-state index in [2.05, 4.69) is 15.0 Å². The molecule has 0 aliphatic carbocycles. The molecule has 19 heavy (non-hydrogen) atoms. The summed E-state index contributed by atoms with van der Waals surface area (Å²) in [6, 6.07) is 0. The maximum Gasteiger partial charge on any atom is 0.277 e.